The van der Waals surface area contributed by atoms with Gasteiger partial charge in [0.2, 0.25) is 15.5 Å². The first-order chi connectivity index (χ1) is 13.4. The largest absolute Gasteiger partial charge is 0.417 e. The highest BCUT2D eigenvalue weighted by Gasteiger charge is 2.36. The van der Waals surface area contributed by atoms with Crippen LogP contribution in [0.15, 0.2) is 51.3 Å². The van der Waals surface area contributed by atoms with E-state index in [0.717, 1.165) is 12.1 Å². The van der Waals surface area contributed by atoms with Crippen LogP contribution in [0.3, 0.4) is 0 Å². The number of rotatable bonds is 5. The summed E-state index contributed by atoms with van der Waals surface area (Å²) in [5.41, 5.74) is 4.57. The van der Waals surface area contributed by atoms with E-state index < -0.39 is 48.7 Å². The summed E-state index contributed by atoms with van der Waals surface area (Å²) in [6, 6.07) is 7.39. The third-order valence-corrected chi connectivity index (χ3v) is 5.81. The molecule has 0 saturated heterocycles. The van der Waals surface area contributed by atoms with E-state index in [9.17, 15) is 21.6 Å². The number of alkyl halides is 3. The van der Waals surface area contributed by atoms with Crippen molar-refractivity contribution in [2.45, 2.75) is 16.0 Å². The van der Waals surface area contributed by atoms with E-state index in [1.807, 2.05) is 0 Å². The number of hydrazone groups is 1. The maximum atomic E-state index is 13.2. The second-order valence-electron chi connectivity index (χ2n) is 5.38. The molecule has 2 aromatic rings. The molecule has 0 aliphatic heterocycles. The van der Waals surface area contributed by atoms with E-state index in [-0.39, 0.29) is 9.92 Å². The van der Waals surface area contributed by atoms with Crippen LogP contribution in [0.2, 0.25) is 10.0 Å². The van der Waals surface area contributed by atoms with Crippen LogP contribution in [-0.4, -0.2) is 20.0 Å². The van der Waals surface area contributed by atoms with E-state index in [4.69, 9.17) is 39.6 Å². The Bertz CT molecular complexity index is 1140. The molecule has 13 heteroatoms. The molecule has 4 N–H and O–H groups in total. The first-order valence-electron chi connectivity index (χ1n) is 7.37. The van der Waals surface area contributed by atoms with E-state index in [2.05, 4.69) is 10.5 Å². The number of benzene rings is 2. The number of hydrogen-bond donors (Lipinski definition) is 3. The first-order valence-corrected chi connectivity index (χ1v) is 9.61. The lowest BCUT2D eigenvalue weighted by atomic mass is 10.2. The molecule has 0 spiro atoms. The van der Waals surface area contributed by atoms with Crippen LogP contribution in [0.4, 0.5) is 18.9 Å². The lowest BCUT2D eigenvalue weighted by molar-refractivity contribution is -0.137. The van der Waals surface area contributed by atoms with Gasteiger partial charge in [-0.3, -0.25) is 10.8 Å². The average molecular weight is 464 g/mol. The van der Waals surface area contributed by atoms with E-state index in [0.29, 0.717) is 12.1 Å². The molecule has 0 aliphatic carbocycles. The molecule has 2 aromatic carbocycles. The van der Waals surface area contributed by atoms with Crippen molar-refractivity contribution >= 4 is 50.3 Å². The van der Waals surface area contributed by atoms with Gasteiger partial charge in [-0.05, 0) is 36.4 Å². The molecule has 0 heterocycles. The summed E-state index contributed by atoms with van der Waals surface area (Å²) < 4.78 is 65.4. The fourth-order valence-electron chi connectivity index (χ4n) is 2.08. The fourth-order valence-corrected chi connectivity index (χ4v) is 3.96. The van der Waals surface area contributed by atoms with Gasteiger partial charge < -0.3 is 5.73 Å². The third kappa shape index (κ3) is 4.97. The number of nitrogens with zero attached hydrogens (tertiary/aromatic N) is 2. The third-order valence-electron chi connectivity index (χ3n) is 3.44. The molecule has 0 fully saturated rings. The summed E-state index contributed by atoms with van der Waals surface area (Å²) in [6.45, 7) is 0. The van der Waals surface area contributed by atoms with Gasteiger partial charge in [-0.25, -0.2) is 8.42 Å². The highest BCUT2D eigenvalue weighted by molar-refractivity contribution is 7.91. The van der Waals surface area contributed by atoms with Crippen molar-refractivity contribution in [3.05, 3.63) is 52.0 Å². The quantitative estimate of drug-likeness (QED) is 0.349. The predicted octanol–water partition coefficient (Wildman–Crippen LogP) is 4.07. The Morgan fingerprint density at radius 3 is 2.28 bits per heavy atom. The van der Waals surface area contributed by atoms with E-state index in [1.165, 1.54) is 18.2 Å². The molecule has 2 rings (SSSR count). The van der Waals surface area contributed by atoms with Crippen LogP contribution in [0.1, 0.15) is 5.56 Å². The zero-order chi connectivity index (χ0) is 22.0. The smallest absolute Gasteiger partial charge is 0.382 e. The van der Waals surface area contributed by atoms with Crippen LogP contribution in [0.25, 0.3) is 0 Å². The van der Waals surface area contributed by atoms with Crippen LogP contribution in [-0.2, 0) is 16.0 Å². The molecular formula is C16H10Cl2F3N5O2S. The molecule has 0 radical (unpaired) electrons. The second kappa shape index (κ2) is 8.28. The minimum Gasteiger partial charge on any atom is -0.382 e. The van der Waals surface area contributed by atoms with Crippen LogP contribution < -0.4 is 11.2 Å². The van der Waals surface area contributed by atoms with Crippen LogP contribution >= 0.6 is 23.2 Å². The summed E-state index contributed by atoms with van der Waals surface area (Å²) in [4.78, 5) is -0.903. The van der Waals surface area contributed by atoms with Gasteiger partial charge in [0.05, 0.1) is 26.1 Å². The highest BCUT2D eigenvalue weighted by atomic mass is 35.5. The number of halogens is 5. The standard InChI is InChI=1S/C16H10Cl2F3N5O2S/c17-8-1-3-9(4-2-8)29(27,28)14-6-11(18)10(16(19,20)21)5-12(14)25-26-13(7-22)15(23)24/h1-6,25H,(H3,23,24)/b26-13+. The number of amidine groups is 1. The lowest BCUT2D eigenvalue weighted by Gasteiger charge is -2.15. The normalized spacial score (nSPS) is 12.3. The topological polar surface area (TPSA) is 132 Å². The van der Waals surface area contributed by atoms with Crippen molar-refractivity contribution in [1.82, 2.24) is 0 Å². The van der Waals surface area contributed by atoms with Gasteiger partial charge in [-0.1, -0.05) is 23.2 Å². The molecule has 7 nitrogen and oxygen atoms in total. The molecule has 29 heavy (non-hydrogen) atoms. The SMILES string of the molecule is N#C/C(=N\Nc1cc(C(F)(F)F)c(Cl)cc1S(=O)(=O)c1ccc(Cl)cc1)C(=N)N. The molecule has 0 bridgehead atoms. The Morgan fingerprint density at radius 2 is 1.79 bits per heavy atom. The summed E-state index contributed by atoms with van der Waals surface area (Å²) in [5.74, 6) is -0.771. The molecule has 0 amide bonds. The van der Waals surface area contributed by atoms with Crippen LogP contribution in [0.5, 0.6) is 0 Å². The van der Waals surface area contributed by atoms with Crippen molar-refractivity contribution in [1.29, 1.82) is 10.7 Å². The fraction of sp³-hybridized carbons (Fsp3) is 0.0625. The minimum absolute atomic E-state index is 0.248. The highest BCUT2D eigenvalue weighted by Crippen LogP contribution is 2.40. The van der Waals surface area contributed by atoms with Crippen molar-refractivity contribution in [2.75, 3.05) is 5.43 Å². The van der Waals surface area contributed by atoms with Gasteiger partial charge in [0.1, 0.15) is 6.07 Å². The van der Waals surface area contributed by atoms with Crippen molar-refractivity contribution in [3.63, 3.8) is 0 Å². The Labute approximate surface area is 173 Å². The number of nitrogens with two attached hydrogens (primary N) is 1. The Hall–Kier alpha value is -2.81. The maximum absolute atomic E-state index is 13.2. The summed E-state index contributed by atoms with van der Waals surface area (Å²) in [7, 11) is -4.36. The van der Waals surface area contributed by atoms with Gasteiger partial charge in [0, 0.05) is 5.02 Å². The van der Waals surface area contributed by atoms with E-state index in [1.54, 1.807) is 0 Å². The summed E-state index contributed by atoms with van der Waals surface area (Å²) >= 11 is 11.4. The van der Waals surface area contributed by atoms with Crippen molar-refractivity contribution < 1.29 is 21.6 Å². The average Bonchev–Trinajstić information content (AvgIpc) is 2.62. The predicted molar refractivity (Wildman–Crippen MR) is 102 cm³/mol. The van der Waals surface area contributed by atoms with Crippen molar-refractivity contribution in [3.8, 4) is 6.07 Å². The number of nitriles is 1. The Morgan fingerprint density at radius 1 is 1.21 bits per heavy atom. The second-order valence-corrected chi connectivity index (χ2v) is 8.14. The van der Waals surface area contributed by atoms with Crippen LogP contribution in [0, 0.1) is 16.7 Å². The van der Waals surface area contributed by atoms with E-state index >= 15 is 0 Å². The molecule has 0 aromatic heterocycles. The zero-order valence-electron chi connectivity index (χ0n) is 14.1. The van der Waals surface area contributed by atoms with Gasteiger partial charge in [-0.15, -0.1) is 0 Å². The number of hydrogen-bond acceptors (Lipinski definition) is 6. The number of sulfone groups is 1. The molecular weight excluding hydrogens is 454 g/mol. The Kier molecular flexibility index (Phi) is 6.42. The summed E-state index contributed by atoms with van der Waals surface area (Å²) in [5, 5.41) is 18.8. The number of anilines is 1. The molecule has 0 unspecified atom stereocenters. The molecule has 152 valence electrons. The Balaban J connectivity index is 2.73. The van der Waals surface area contributed by atoms with Crippen molar-refractivity contribution in [2.24, 2.45) is 10.8 Å². The van der Waals surface area contributed by atoms with Gasteiger partial charge in [0.15, 0.2) is 5.84 Å². The van der Waals surface area contributed by atoms with Gasteiger partial charge >= 0.3 is 6.18 Å². The summed E-state index contributed by atoms with van der Waals surface area (Å²) in [6.07, 6.45) is -4.89. The first kappa shape index (κ1) is 22.5. The van der Waals surface area contributed by atoms with Gasteiger partial charge in [0.25, 0.3) is 0 Å². The van der Waals surface area contributed by atoms with Gasteiger partial charge in [-0.2, -0.15) is 23.5 Å². The monoisotopic (exact) mass is 463 g/mol. The molecule has 0 saturated carbocycles. The maximum Gasteiger partial charge on any atom is 0.417 e. The zero-order valence-corrected chi connectivity index (χ0v) is 16.4. The lowest BCUT2D eigenvalue weighted by Crippen LogP contribution is -2.22. The molecule has 0 aliphatic rings. The molecule has 0 atom stereocenters. The minimum atomic E-state index is -4.89. The number of nitrogens with one attached hydrogen (secondary N) is 2.